The highest BCUT2D eigenvalue weighted by Gasteiger charge is 2.25. The number of aliphatic imine (C=N–C) groups is 1. The van der Waals surface area contributed by atoms with Crippen LogP contribution in [-0.2, 0) is 4.79 Å². The number of benzene rings is 2. The van der Waals surface area contributed by atoms with Gasteiger partial charge in [0, 0.05) is 119 Å². The monoisotopic (exact) mass is 768 g/mol. The summed E-state index contributed by atoms with van der Waals surface area (Å²) >= 11 is 0. The van der Waals surface area contributed by atoms with E-state index in [1.807, 2.05) is 25.3 Å². The SMILES string of the molecule is C=C(/N=C1/C=C(c2cnc3c(c2C)NCCO3)C=C/C1=C/C)Nc1ccc(N2CCN(CCN3CCN(c4ccc(N5CCC(=O)NC5=O)cc4)CC3)CC2)cc1. The number of amides is 3. The molecule has 0 atom stereocenters. The Bertz CT molecular complexity index is 2110. The largest absolute Gasteiger partial charge is 0.474 e. The summed E-state index contributed by atoms with van der Waals surface area (Å²) in [6, 6.07) is 16.3. The molecule has 3 saturated heterocycles. The van der Waals surface area contributed by atoms with Crippen LogP contribution in [0.1, 0.15) is 24.5 Å². The lowest BCUT2D eigenvalue weighted by molar-refractivity contribution is -0.120. The molecule has 0 bridgehead atoms. The number of hydrogen-bond acceptors (Lipinski definition) is 11. The topological polar surface area (TPSA) is 121 Å². The summed E-state index contributed by atoms with van der Waals surface area (Å²) in [5, 5.41) is 9.22. The summed E-state index contributed by atoms with van der Waals surface area (Å²) in [6.07, 6.45) is 10.6. The summed E-state index contributed by atoms with van der Waals surface area (Å²) < 4.78 is 5.73. The summed E-state index contributed by atoms with van der Waals surface area (Å²) in [7, 11) is 0. The molecule has 3 amide bonds. The first-order valence-corrected chi connectivity index (χ1v) is 20.0. The first-order valence-electron chi connectivity index (χ1n) is 20.0. The Labute approximate surface area is 335 Å². The van der Waals surface area contributed by atoms with Crippen molar-refractivity contribution in [3.63, 3.8) is 0 Å². The van der Waals surface area contributed by atoms with Gasteiger partial charge in [0.2, 0.25) is 11.8 Å². The van der Waals surface area contributed by atoms with Crippen LogP contribution in [-0.4, -0.2) is 118 Å². The van der Waals surface area contributed by atoms with Crippen molar-refractivity contribution >= 4 is 51.7 Å². The number of carbonyl (C=O) groups is 2. The smallest absolute Gasteiger partial charge is 0.328 e. The number of hydrogen-bond donors (Lipinski definition) is 3. The summed E-state index contributed by atoms with van der Waals surface area (Å²) in [4.78, 5) is 44.8. The first kappa shape index (κ1) is 38.0. The maximum Gasteiger partial charge on any atom is 0.328 e. The van der Waals surface area contributed by atoms with Crippen molar-refractivity contribution in [2.75, 3.05) is 110 Å². The van der Waals surface area contributed by atoms with E-state index in [9.17, 15) is 9.59 Å². The van der Waals surface area contributed by atoms with Gasteiger partial charge < -0.3 is 25.2 Å². The van der Waals surface area contributed by atoms with Gasteiger partial charge in [0.05, 0.1) is 5.71 Å². The number of fused-ring (bicyclic) bond motifs is 1. The van der Waals surface area contributed by atoms with Crippen LogP contribution in [0.5, 0.6) is 5.88 Å². The van der Waals surface area contributed by atoms with Gasteiger partial charge in [-0.25, -0.2) is 14.8 Å². The van der Waals surface area contributed by atoms with Crippen molar-refractivity contribution in [3.05, 3.63) is 108 Å². The molecule has 5 heterocycles. The molecule has 0 saturated carbocycles. The van der Waals surface area contributed by atoms with E-state index in [4.69, 9.17) is 9.73 Å². The van der Waals surface area contributed by atoms with Crippen molar-refractivity contribution < 1.29 is 14.3 Å². The predicted octanol–water partition coefficient (Wildman–Crippen LogP) is 5.51. The van der Waals surface area contributed by atoms with Crippen molar-refractivity contribution in [2.45, 2.75) is 20.3 Å². The number of aromatic nitrogens is 1. The number of anilines is 5. The highest BCUT2D eigenvalue weighted by Crippen LogP contribution is 2.35. The van der Waals surface area contributed by atoms with E-state index >= 15 is 0 Å². The van der Waals surface area contributed by atoms with Crippen molar-refractivity contribution in [2.24, 2.45) is 4.99 Å². The van der Waals surface area contributed by atoms with Crippen molar-refractivity contribution in [1.29, 1.82) is 0 Å². The molecule has 1 aromatic heterocycles. The molecule has 3 aromatic rings. The van der Waals surface area contributed by atoms with Crippen LogP contribution in [0.25, 0.3) is 5.57 Å². The van der Waals surface area contributed by atoms with E-state index in [0.29, 0.717) is 31.3 Å². The lowest BCUT2D eigenvalue weighted by Gasteiger charge is -2.39. The molecule has 0 radical (unpaired) electrons. The van der Waals surface area contributed by atoms with Crippen LogP contribution in [0.3, 0.4) is 0 Å². The highest BCUT2D eigenvalue weighted by molar-refractivity contribution is 6.17. The van der Waals surface area contributed by atoms with Crippen LogP contribution in [0.4, 0.5) is 33.2 Å². The lowest BCUT2D eigenvalue weighted by Crippen LogP contribution is -2.51. The minimum Gasteiger partial charge on any atom is -0.474 e. The molecule has 13 nitrogen and oxygen atoms in total. The third-order valence-electron chi connectivity index (χ3n) is 11.4. The number of pyridine rings is 1. The molecule has 13 heteroatoms. The fourth-order valence-electron chi connectivity index (χ4n) is 8.06. The van der Waals surface area contributed by atoms with Gasteiger partial charge in [0.1, 0.15) is 18.1 Å². The molecule has 2 aromatic carbocycles. The standard InChI is InChI=1S/C44H52N10O3/c1-4-33-5-6-34(39-30-46-43-42(31(39)2)45-16-28-57-43)29-40(33)48-32(3)47-35-7-9-36(10-8-35)52-24-20-50(21-25-52)18-19-51-22-26-53(27-23-51)37-11-13-38(14-12-37)54-17-15-41(55)49-44(54)56/h4-14,29-30,45,47H,3,15-28H2,1-2H3,(H,49,55,56)/b33-4-,48-40-. The fraction of sp³-hybridized carbons (Fsp3) is 0.364. The molecule has 0 spiro atoms. The quantitative estimate of drug-likeness (QED) is 0.244. The first-order chi connectivity index (χ1) is 27.8. The number of imide groups is 1. The van der Waals surface area contributed by atoms with Crippen LogP contribution >= 0.6 is 0 Å². The lowest BCUT2D eigenvalue weighted by atomic mass is 9.93. The molecule has 3 fully saturated rings. The summed E-state index contributed by atoms with van der Waals surface area (Å²) in [5.41, 5.74) is 10.2. The Morgan fingerprint density at radius 1 is 0.877 bits per heavy atom. The predicted molar refractivity (Wildman–Crippen MR) is 230 cm³/mol. The normalized spacial score (nSPS) is 20.5. The van der Waals surface area contributed by atoms with Gasteiger partial charge in [0.15, 0.2) is 0 Å². The van der Waals surface area contributed by atoms with Gasteiger partial charge in [0.25, 0.3) is 0 Å². The average molecular weight is 769 g/mol. The number of piperazine rings is 2. The number of urea groups is 1. The second kappa shape index (κ2) is 17.1. The molecule has 296 valence electrons. The molecule has 0 unspecified atom stereocenters. The number of nitrogens with one attached hydrogen (secondary N) is 3. The zero-order valence-corrected chi connectivity index (χ0v) is 33.0. The van der Waals surface area contributed by atoms with Gasteiger partial charge in [-0.15, -0.1) is 0 Å². The molecular formula is C44H52N10O3. The molecule has 8 rings (SSSR count). The van der Waals surface area contributed by atoms with Gasteiger partial charge in [-0.1, -0.05) is 24.8 Å². The molecular weight excluding hydrogens is 717 g/mol. The van der Waals surface area contributed by atoms with Crippen molar-refractivity contribution in [1.82, 2.24) is 20.1 Å². The molecule has 1 aliphatic carbocycles. The number of carbonyl (C=O) groups excluding carboxylic acids is 2. The van der Waals surface area contributed by atoms with Gasteiger partial charge in [-0.2, -0.15) is 0 Å². The van der Waals surface area contributed by atoms with Crippen molar-refractivity contribution in [3.8, 4) is 5.88 Å². The Morgan fingerprint density at radius 2 is 1.51 bits per heavy atom. The number of nitrogens with zero attached hydrogens (tertiary/aromatic N) is 7. The van der Waals surface area contributed by atoms with Crippen LogP contribution < -0.4 is 35.4 Å². The Morgan fingerprint density at radius 3 is 2.14 bits per heavy atom. The summed E-state index contributed by atoms with van der Waals surface area (Å²) in [5.74, 6) is 1.02. The summed E-state index contributed by atoms with van der Waals surface area (Å²) in [6.45, 7) is 20.4. The zero-order valence-electron chi connectivity index (χ0n) is 33.0. The molecule has 3 N–H and O–H groups in total. The molecule has 5 aliphatic rings. The van der Waals surface area contributed by atoms with E-state index in [2.05, 4.69) is 115 Å². The van der Waals surface area contributed by atoms with E-state index in [1.54, 1.807) is 4.90 Å². The third kappa shape index (κ3) is 8.74. The minimum atomic E-state index is -0.348. The molecule has 57 heavy (non-hydrogen) atoms. The number of ether oxygens (including phenoxy) is 1. The second-order valence-corrected chi connectivity index (χ2v) is 15.0. The van der Waals surface area contributed by atoms with E-state index in [-0.39, 0.29) is 11.9 Å². The molecule has 4 aliphatic heterocycles. The van der Waals surface area contributed by atoms with E-state index < -0.39 is 0 Å². The Hall–Kier alpha value is -5.92. The minimum absolute atomic E-state index is 0.215. The maximum absolute atomic E-state index is 12.2. The second-order valence-electron chi connectivity index (χ2n) is 15.0. The maximum atomic E-state index is 12.2. The third-order valence-corrected chi connectivity index (χ3v) is 11.4. The average Bonchev–Trinajstić information content (AvgIpc) is 3.24. The van der Waals surface area contributed by atoms with E-state index in [0.717, 1.165) is 117 Å². The van der Waals surface area contributed by atoms with E-state index in [1.165, 1.54) is 11.4 Å². The van der Waals surface area contributed by atoms with Crippen LogP contribution in [0, 0.1) is 6.92 Å². The number of allylic oxidation sites excluding steroid dienone is 6. The van der Waals surface area contributed by atoms with Gasteiger partial charge in [-0.05, 0) is 85.2 Å². The Kier molecular flexibility index (Phi) is 11.4. The highest BCUT2D eigenvalue weighted by atomic mass is 16.5. The van der Waals surface area contributed by atoms with Crippen LogP contribution in [0.15, 0.2) is 102 Å². The fourth-order valence-corrected chi connectivity index (χ4v) is 8.06. The Balaban J connectivity index is 0.779. The zero-order chi connectivity index (χ0) is 39.3. The number of rotatable bonds is 10. The van der Waals surface area contributed by atoms with Gasteiger partial charge >= 0.3 is 6.03 Å². The van der Waals surface area contributed by atoms with Gasteiger partial charge in [-0.3, -0.25) is 24.8 Å². The van der Waals surface area contributed by atoms with Crippen LogP contribution in [0.2, 0.25) is 0 Å².